The van der Waals surface area contributed by atoms with Gasteiger partial charge in [-0.2, -0.15) is 10.2 Å². The molecule has 0 atom stereocenters. The van der Waals surface area contributed by atoms with Gasteiger partial charge in [-0.3, -0.25) is 0 Å². The molecule has 2 aliphatic heterocycles. The lowest BCUT2D eigenvalue weighted by atomic mass is 10.1. The van der Waals surface area contributed by atoms with Crippen molar-refractivity contribution in [2.24, 2.45) is 0 Å². The Morgan fingerprint density at radius 1 is 0.857 bits per heavy atom. The third-order valence-corrected chi connectivity index (χ3v) is 4.57. The quantitative estimate of drug-likeness (QED) is 0.840. The van der Waals surface area contributed by atoms with E-state index in [1.165, 1.54) is 12.8 Å². The Bertz CT molecular complexity index is 542. The first-order valence-electron chi connectivity index (χ1n) is 7.77. The predicted octanol–water partition coefficient (Wildman–Crippen LogP) is 2.98. The van der Waals surface area contributed by atoms with E-state index in [1.54, 1.807) is 0 Å². The van der Waals surface area contributed by atoms with Crippen LogP contribution in [0.15, 0.2) is 0 Å². The number of rotatable bonds is 2. The van der Waals surface area contributed by atoms with E-state index in [9.17, 15) is 5.26 Å². The van der Waals surface area contributed by atoms with Crippen LogP contribution in [0.4, 0.5) is 11.8 Å². The Kier molecular flexibility index (Phi) is 4.45. The number of nitrogens with zero attached hydrogens (tertiary/aromatic N) is 5. The second kappa shape index (κ2) is 6.48. The normalized spacial score (nSPS) is 19.4. The summed E-state index contributed by atoms with van der Waals surface area (Å²) in [5, 5.41) is 9.71. The van der Waals surface area contributed by atoms with Gasteiger partial charge in [0.1, 0.15) is 11.1 Å². The molecule has 0 saturated carbocycles. The number of halogens is 1. The lowest BCUT2D eigenvalue weighted by Crippen LogP contribution is -2.34. The second-order valence-corrected chi connectivity index (χ2v) is 6.09. The molecule has 2 saturated heterocycles. The Balaban J connectivity index is 1.95. The van der Waals surface area contributed by atoms with E-state index in [2.05, 4.69) is 25.8 Å². The first kappa shape index (κ1) is 14.4. The van der Waals surface area contributed by atoms with E-state index < -0.39 is 0 Å². The third kappa shape index (κ3) is 3.06. The Labute approximate surface area is 130 Å². The fraction of sp³-hybridized carbons (Fsp3) is 0.667. The van der Waals surface area contributed by atoms with Crippen LogP contribution in [0, 0.1) is 11.3 Å². The van der Waals surface area contributed by atoms with E-state index in [0.717, 1.165) is 57.7 Å². The SMILES string of the molecule is N#Cc1nc(N2CCCCC2)nc(N2CCCCC2)c1Cl. The Morgan fingerprint density at radius 3 is 2.00 bits per heavy atom. The fourth-order valence-electron chi connectivity index (χ4n) is 3.05. The molecule has 5 nitrogen and oxygen atoms in total. The molecule has 1 aromatic rings. The van der Waals surface area contributed by atoms with Gasteiger partial charge in [-0.05, 0) is 38.5 Å². The summed E-state index contributed by atoms with van der Waals surface area (Å²) < 4.78 is 0. The third-order valence-electron chi connectivity index (χ3n) is 4.22. The van der Waals surface area contributed by atoms with Crippen LogP contribution in [0.25, 0.3) is 0 Å². The van der Waals surface area contributed by atoms with E-state index in [4.69, 9.17) is 11.6 Å². The molecule has 3 heterocycles. The molecule has 6 heteroatoms. The van der Waals surface area contributed by atoms with Crippen molar-refractivity contribution in [2.75, 3.05) is 36.0 Å². The van der Waals surface area contributed by atoms with Gasteiger partial charge in [0.15, 0.2) is 11.5 Å². The van der Waals surface area contributed by atoms with Crippen molar-refractivity contribution in [3.05, 3.63) is 10.7 Å². The van der Waals surface area contributed by atoms with Crippen molar-refractivity contribution >= 4 is 23.4 Å². The highest BCUT2D eigenvalue weighted by Crippen LogP contribution is 2.31. The van der Waals surface area contributed by atoms with E-state index >= 15 is 0 Å². The molecule has 0 radical (unpaired) electrons. The molecule has 1 aromatic heterocycles. The van der Waals surface area contributed by atoms with Gasteiger partial charge in [0.25, 0.3) is 0 Å². The molecule has 21 heavy (non-hydrogen) atoms. The molecule has 0 N–H and O–H groups in total. The van der Waals surface area contributed by atoms with Crippen molar-refractivity contribution in [2.45, 2.75) is 38.5 Å². The summed E-state index contributed by atoms with van der Waals surface area (Å²) >= 11 is 6.35. The molecule has 0 aliphatic carbocycles. The van der Waals surface area contributed by atoms with E-state index in [0.29, 0.717) is 16.7 Å². The molecule has 112 valence electrons. The van der Waals surface area contributed by atoms with Gasteiger partial charge in [0, 0.05) is 26.2 Å². The minimum atomic E-state index is 0.299. The van der Waals surface area contributed by atoms with Crippen LogP contribution >= 0.6 is 11.6 Å². The van der Waals surface area contributed by atoms with Crippen molar-refractivity contribution in [3.63, 3.8) is 0 Å². The Hall–Kier alpha value is -1.54. The zero-order valence-electron chi connectivity index (χ0n) is 12.2. The topological polar surface area (TPSA) is 56.1 Å². The summed E-state index contributed by atoms with van der Waals surface area (Å²) in [5.74, 6) is 1.40. The predicted molar refractivity (Wildman–Crippen MR) is 83.9 cm³/mol. The van der Waals surface area contributed by atoms with Gasteiger partial charge >= 0.3 is 0 Å². The monoisotopic (exact) mass is 305 g/mol. The highest BCUT2D eigenvalue weighted by Gasteiger charge is 2.22. The first-order chi connectivity index (χ1) is 10.3. The van der Waals surface area contributed by atoms with Gasteiger partial charge in [-0.25, -0.2) is 4.98 Å². The molecule has 2 fully saturated rings. The lowest BCUT2D eigenvalue weighted by molar-refractivity contribution is 0.560. The summed E-state index contributed by atoms with van der Waals surface area (Å²) in [7, 11) is 0. The first-order valence-corrected chi connectivity index (χ1v) is 8.15. The van der Waals surface area contributed by atoms with E-state index in [-0.39, 0.29) is 0 Å². The molecular formula is C15H20ClN5. The minimum absolute atomic E-state index is 0.299. The molecule has 3 rings (SSSR count). The number of piperidine rings is 2. The molecule has 0 amide bonds. The molecule has 2 aliphatic rings. The van der Waals surface area contributed by atoms with Gasteiger partial charge in [-0.15, -0.1) is 0 Å². The van der Waals surface area contributed by atoms with Crippen molar-refractivity contribution < 1.29 is 0 Å². The maximum absolute atomic E-state index is 9.30. The molecule has 0 spiro atoms. The van der Waals surface area contributed by atoms with Crippen molar-refractivity contribution in [3.8, 4) is 6.07 Å². The zero-order valence-corrected chi connectivity index (χ0v) is 12.9. The zero-order chi connectivity index (χ0) is 14.7. The maximum Gasteiger partial charge on any atom is 0.228 e. The second-order valence-electron chi connectivity index (χ2n) is 5.72. The average molecular weight is 306 g/mol. The van der Waals surface area contributed by atoms with Crippen LogP contribution in [0.5, 0.6) is 0 Å². The smallest absolute Gasteiger partial charge is 0.228 e. The molecule has 0 unspecified atom stereocenters. The average Bonchev–Trinajstić information content (AvgIpc) is 2.56. The standard InChI is InChI=1S/C15H20ClN5/c16-13-12(11-17)18-15(21-9-5-2-6-10-21)19-14(13)20-7-3-1-4-8-20/h1-10H2. The van der Waals surface area contributed by atoms with Crippen LogP contribution in [0.3, 0.4) is 0 Å². The van der Waals surface area contributed by atoms with E-state index in [1.807, 2.05) is 0 Å². The van der Waals surface area contributed by atoms with Crippen LogP contribution < -0.4 is 9.80 Å². The van der Waals surface area contributed by atoms with Crippen LogP contribution in [0.1, 0.15) is 44.2 Å². The number of hydrogen-bond acceptors (Lipinski definition) is 5. The van der Waals surface area contributed by atoms with Gasteiger partial charge < -0.3 is 9.80 Å². The summed E-state index contributed by atoms with van der Waals surface area (Å²) in [6.45, 7) is 3.85. The Morgan fingerprint density at radius 2 is 1.43 bits per heavy atom. The number of nitriles is 1. The molecular weight excluding hydrogens is 286 g/mol. The lowest BCUT2D eigenvalue weighted by Gasteiger charge is -2.31. The largest absolute Gasteiger partial charge is 0.355 e. The summed E-state index contributed by atoms with van der Waals surface area (Å²) in [6.07, 6.45) is 7.14. The van der Waals surface area contributed by atoms with Gasteiger partial charge in [0.2, 0.25) is 5.95 Å². The van der Waals surface area contributed by atoms with Gasteiger partial charge in [-0.1, -0.05) is 11.6 Å². The number of hydrogen-bond donors (Lipinski definition) is 0. The number of anilines is 2. The molecule has 0 bridgehead atoms. The molecule has 0 aromatic carbocycles. The highest BCUT2D eigenvalue weighted by atomic mass is 35.5. The summed E-state index contributed by atoms with van der Waals surface area (Å²) in [4.78, 5) is 13.4. The summed E-state index contributed by atoms with van der Waals surface area (Å²) in [5.41, 5.74) is 0.299. The van der Waals surface area contributed by atoms with Crippen LogP contribution in [-0.4, -0.2) is 36.1 Å². The fourth-order valence-corrected chi connectivity index (χ4v) is 3.29. The number of aromatic nitrogens is 2. The van der Waals surface area contributed by atoms with Gasteiger partial charge in [0.05, 0.1) is 0 Å². The maximum atomic E-state index is 9.30. The van der Waals surface area contributed by atoms with Crippen molar-refractivity contribution in [1.82, 2.24) is 9.97 Å². The van der Waals surface area contributed by atoms with Crippen LogP contribution in [0.2, 0.25) is 5.02 Å². The minimum Gasteiger partial charge on any atom is -0.355 e. The summed E-state index contributed by atoms with van der Waals surface area (Å²) in [6, 6.07) is 2.12. The highest BCUT2D eigenvalue weighted by molar-refractivity contribution is 6.34. The van der Waals surface area contributed by atoms with Crippen LogP contribution in [-0.2, 0) is 0 Å². The van der Waals surface area contributed by atoms with Crippen molar-refractivity contribution in [1.29, 1.82) is 5.26 Å².